The van der Waals surface area contributed by atoms with E-state index in [1.165, 1.54) is 24.8 Å². The number of nitrogens with zero attached hydrogens (tertiary/aromatic N) is 5. The van der Waals surface area contributed by atoms with Gasteiger partial charge in [0, 0.05) is 30.4 Å². The molecule has 0 aliphatic rings. The van der Waals surface area contributed by atoms with Gasteiger partial charge in [-0.05, 0) is 17.7 Å². The topological polar surface area (TPSA) is 112 Å². The van der Waals surface area contributed by atoms with Gasteiger partial charge < -0.3 is 15.8 Å². The highest BCUT2D eigenvalue weighted by Gasteiger charge is 2.39. The largest absolute Gasteiger partial charge is 0.618 e. The maximum Gasteiger partial charge on any atom is 0.347 e. The zero-order chi connectivity index (χ0) is 25.7. The number of amides is 1. The zero-order valence-corrected chi connectivity index (χ0v) is 19.3. The molecule has 9 nitrogen and oxygen atoms in total. The molecule has 2 N–H and O–H groups in total. The van der Waals surface area contributed by atoms with Crippen molar-refractivity contribution < 1.29 is 22.7 Å². The number of para-hydroxylation sites is 1. The molecule has 1 aromatic carbocycles. The van der Waals surface area contributed by atoms with Crippen LogP contribution >= 0.6 is 11.6 Å². The highest BCUT2D eigenvalue weighted by molar-refractivity contribution is 6.31. The Kier molecular flexibility index (Phi) is 7.34. The van der Waals surface area contributed by atoms with Crippen LogP contribution in [0.1, 0.15) is 16.8 Å². The molecular weight excluding hydrogens is 499 g/mol. The fourth-order valence-electron chi connectivity index (χ4n) is 3.42. The van der Waals surface area contributed by atoms with Gasteiger partial charge in [-0.25, -0.2) is 19.0 Å². The highest BCUT2D eigenvalue weighted by atomic mass is 35.5. The van der Waals surface area contributed by atoms with Crippen LogP contribution in [0.25, 0.3) is 5.69 Å². The number of hydrogen-bond acceptors (Lipinski definition) is 6. The molecule has 1 amide bonds. The lowest BCUT2D eigenvalue weighted by molar-refractivity contribution is -0.624. The second-order valence-electron chi connectivity index (χ2n) is 7.64. The van der Waals surface area contributed by atoms with Crippen LogP contribution in [0, 0.1) is 11.0 Å². The van der Waals surface area contributed by atoms with Crippen LogP contribution in [-0.2, 0) is 23.7 Å². The third-order valence-corrected chi connectivity index (χ3v) is 5.54. The molecule has 0 fully saturated rings. The van der Waals surface area contributed by atoms with Crippen molar-refractivity contribution in [1.29, 1.82) is 0 Å². The van der Waals surface area contributed by atoms with E-state index in [1.807, 2.05) is 0 Å². The van der Waals surface area contributed by atoms with Gasteiger partial charge in [0.25, 0.3) is 5.69 Å². The summed E-state index contributed by atoms with van der Waals surface area (Å²) < 4.78 is 45.6. The monoisotopic (exact) mass is 517 g/mol. The standard InChI is InChI=1S/C23H19ClF3N7O2/c24-17-11-30-22(31-12-23(26,27)19-7-3-4-8-34(19)36)21(25)16(17)9-20(35)29-10-15-5-1-2-6-18(15)33-14-28-13-32-33/h1-8,11,13-14H,9-10,12H2,(H,29,35)(H,30,31). The number of anilines is 1. The van der Waals surface area contributed by atoms with Crippen molar-refractivity contribution >= 4 is 23.3 Å². The molecule has 0 radical (unpaired) electrons. The maximum absolute atomic E-state index is 15.0. The van der Waals surface area contributed by atoms with Crippen molar-refractivity contribution in [3.8, 4) is 5.69 Å². The Morgan fingerprint density at radius 2 is 1.97 bits per heavy atom. The molecule has 3 aromatic heterocycles. The van der Waals surface area contributed by atoms with E-state index in [4.69, 9.17) is 11.6 Å². The number of alkyl halides is 2. The lowest BCUT2D eigenvalue weighted by Gasteiger charge is -2.17. The quantitative estimate of drug-likeness (QED) is 0.261. The van der Waals surface area contributed by atoms with E-state index in [1.54, 1.807) is 28.9 Å². The first-order valence-corrected chi connectivity index (χ1v) is 11.0. The normalized spacial score (nSPS) is 11.3. The van der Waals surface area contributed by atoms with Crippen LogP contribution in [-0.4, -0.2) is 32.2 Å². The van der Waals surface area contributed by atoms with Gasteiger partial charge in [0.1, 0.15) is 12.7 Å². The van der Waals surface area contributed by atoms with Crippen molar-refractivity contribution in [1.82, 2.24) is 25.1 Å². The average molecular weight is 518 g/mol. The molecule has 4 aromatic rings. The van der Waals surface area contributed by atoms with E-state index in [9.17, 15) is 18.8 Å². The van der Waals surface area contributed by atoms with E-state index in [2.05, 4.69) is 25.7 Å². The fourth-order valence-corrected chi connectivity index (χ4v) is 3.62. The van der Waals surface area contributed by atoms with Crippen molar-refractivity contribution in [2.45, 2.75) is 18.9 Å². The zero-order valence-electron chi connectivity index (χ0n) is 18.5. The molecule has 186 valence electrons. The summed E-state index contributed by atoms with van der Waals surface area (Å²) in [6.45, 7) is -0.988. The van der Waals surface area contributed by atoms with Crippen LogP contribution in [0.5, 0.6) is 0 Å². The van der Waals surface area contributed by atoms with Crippen LogP contribution in [0.3, 0.4) is 0 Å². The fraction of sp³-hybridized carbons (Fsp3) is 0.174. The first kappa shape index (κ1) is 24.9. The summed E-state index contributed by atoms with van der Waals surface area (Å²) in [5.74, 6) is -5.74. The SMILES string of the molecule is O=C(Cc1c(Cl)cnc(NCC(F)(F)c2cccc[n+]2[O-])c1F)NCc1ccccc1-n1cncn1. The highest BCUT2D eigenvalue weighted by Crippen LogP contribution is 2.28. The molecule has 0 aliphatic heterocycles. The van der Waals surface area contributed by atoms with Crippen LogP contribution in [0.4, 0.5) is 19.0 Å². The van der Waals surface area contributed by atoms with Gasteiger partial charge in [0.15, 0.2) is 17.8 Å². The Morgan fingerprint density at radius 1 is 1.19 bits per heavy atom. The minimum Gasteiger partial charge on any atom is -0.618 e. The van der Waals surface area contributed by atoms with Crippen LogP contribution in [0.2, 0.25) is 5.02 Å². The van der Waals surface area contributed by atoms with E-state index in [-0.39, 0.29) is 21.9 Å². The maximum atomic E-state index is 15.0. The number of halogens is 4. The van der Waals surface area contributed by atoms with Crippen molar-refractivity contribution in [2.75, 3.05) is 11.9 Å². The third-order valence-electron chi connectivity index (χ3n) is 5.22. The van der Waals surface area contributed by atoms with Gasteiger partial charge in [0.05, 0.1) is 23.7 Å². The Balaban J connectivity index is 1.44. The number of rotatable bonds is 9. The summed E-state index contributed by atoms with van der Waals surface area (Å²) in [4.78, 5) is 20.2. The molecule has 0 aliphatic carbocycles. The third kappa shape index (κ3) is 5.54. The molecule has 0 atom stereocenters. The molecule has 4 rings (SSSR count). The molecular formula is C23H19ClF3N7O2. The van der Waals surface area contributed by atoms with E-state index >= 15 is 4.39 Å². The van der Waals surface area contributed by atoms with Gasteiger partial charge in [-0.1, -0.05) is 29.8 Å². The first-order valence-electron chi connectivity index (χ1n) is 10.6. The van der Waals surface area contributed by atoms with Crippen LogP contribution < -0.4 is 15.4 Å². The smallest absolute Gasteiger partial charge is 0.347 e. The molecule has 3 heterocycles. The van der Waals surface area contributed by atoms with Gasteiger partial charge in [-0.15, -0.1) is 0 Å². The Morgan fingerprint density at radius 3 is 2.72 bits per heavy atom. The molecule has 0 spiro atoms. The number of carbonyl (C=O) groups excluding carboxylic acids is 1. The number of carbonyl (C=O) groups is 1. The Labute approximate surface area is 208 Å². The minimum atomic E-state index is -3.62. The van der Waals surface area contributed by atoms with Gasteiger partial charge >= 0.3 is 5.92 Å². The van der Waals surface area contributed by atoms with Gasteiger partial charge in [-0.3, -0.25) is 4.79 Å². The Hall–Kier alpha value is -4.19. The van der Waals surface area contributed by atoms with E-state index < -0.39 is 42.1 Å². The lowest BCUT2D eigenvalue weighted by atomic mass is 10.1. The summed E-state index contributed by atoms with van der Waals surface area (Å²) >= 11 is 6.04. The number of aromatic nitrogens is 5. The molecule has 13 heteroatoms. The van der Waals surface area contributed by atoms with Crippen molar-refractivity contribution in [3.05, 3.63) is 100 Å². The predicted molar refractivity (Wildman–Crippen MR) is 124 cm³/mol. The first-order chi connectivity index (χ1) is 17.3. The van der Waals surface area contributed by atoms with Gasteiger partial charge in [-0.2, -0.15) is 18.6 Å². The molecule has 0 saturated heterocycles. The van der Waals surface area contributed by atoms with E-state index in [0.717, 1.165) is 24.0 Å². The second kappa shape index (κ2) is 10.6. The van der Waals surface area contributed by atoms with Crippen molar-refractivity contribution in [3.63, 3.8) is 0 Å². The summed E-state index contributed by atoms with van der Waals surface area (Å²) in [6.07, 6.45) is 4.43. The Bertz CT molecular complexity index is 1370. The number of benzene rings is 1. The van der Waals surface area contributed by atoms with Gasteiger partial charge in [0.2, 0.25) is 5.91 Å². The molecule has 0 unspecified atom stereocenters. The van der Waals surface area contributed by atoms with E-state index in [0.29, 0.717) is 5.69 Å². The molecule has 0 bridgehead atoms. The van der Waals surface area contributed by atoms with Crippen LogP contribution in [0.15, 0.2) is 67.5 Å². The van der Waals surface area contributed by atoms with Crippen molar-refractivity contribution in [2.24, 2.45) is 0 Å². The second-order valence-corrected chi connectivity index (χ2v) is 8.05. The summed E-state index contributed by atoms with van der Waals surface area (Å²) in [7, 11) is 0. The lowest BCUT2D eigenvalue weighted by Crippen LogP contribution is -2.41. The summed E-state index contributed by atoms with van der Waals surface area (Å²) in [5, 5.41) is 20.5. The molecule has 36 heavy (non-hydrogen) atoms. The predicted octanol–water partition coefficient (Wildman–Crippen LogP) is 3.15. The average Bonchev–Trinajstić information content (AvgIpc) is 3.40. The summed E-state index contributed by atoms with van der Waals surface area (Å²) in [6, 6.07) is 10.8. The minimum absolute atomic E-state index is 0.0319. The molecule has 0 saturated carbocycles. The number of hydrogen-bond donors (Lipinski definition) is 2. The number of pyridine rings is 2. The number of nitrogens with one attached hydrogen (secondary N) is 2. The summed E-state index contributed by atoms with van der Waals surface area (Å²) in [5.41, 5.74) is 0.420.